The van der Waals surface area contributed by atoms with Crippen LogP contribution >= 0.6 is 45.3 Å². The average molecular weight is 668 g/mol. The van der Waals surface area contributed by atoms with Gasteiger partial charge in [-0.3, -0.25) is 9.59 Å². The van der Waals surface area contributed by atoms with Gasteiger partial charge in [0, 0.05) is 76.7 Å². The number of benzene rings is 3. The first-order chi connectivity index (χ1) is 22.3. The summed E-state index contributed by atoms with van der Waals surface area (Å²) in [5.41, 5.74) is 12.1. The second-order valence-corrected chi connectivity index (χ2v) is 16.2. The van der Waals surface area contributed by atoms with Gasteiger partial charge in [-0.05, 0) is 91.6 Å². The third-order valence-electron chi connectivity index (χ3n) is 9.09. The molecule has 9 rings (SSSR count). The van der Waals surface area contributed by atoms with Crippen molar-refractivity contribution in [3.63, 3.8) is 0 Å². The summed E-state index contributed by atoms with van der Waals surface area (Å²) in [6.45, 7) is 6.14. The first kappa shape index (κ1) is 27.9. The minimum atomic E-state index is 0.0601. The monoisotopic (exact) mass is 667 g/mol. The number of nitrogen functional groups attached to an aromatic ring is 1. The maximum atomic E-state index is 14.1. The summed E-state index contributed by atoms with van der Waals surface area (Å²) in [4.78, 5) is 34.9. The van der Waals surface area contributed by atoms with Gasteiger partial charge < -0.3 is 5.73 Å². The summed E-state index contributed by atoms with van der Waals surface area (Å²) in [5.74, 6) is 0. The molecule has 222 valence electrons. The summed E-state index contributed by atoms with van der Waals surface area (Å²) in [5, 5.41) is 4.89. The Hall–Kier alpha value is -4.40. The van der Waals surface area contributed by atoms with E-state index in [1.54, 1.807) is 45.3 Å². The Labute approximate surface area is 280 Å². The Morgan fingerprint density at radius 3 is 1.33 bits per heavy atom. The molecule has 46 heavy (non-hydrogen) atoms. The highest BCUT2D eigenvalue weighted by Gasteiger charge is 2.26. The van der Waals surface area contributed by atoms with Crippen molar-refractivity contribution in [2.24, 2.45) is 0 Å². The fourth-order valence-electron chi connectivity index (χ4n) is 6.75. The Morgan fingerprint density at radius 1 is 0.457 bits per heavy atom. The SMILES string of the molecule is Cc1ccc(-c2ccc(-c3cc4c(=O)c5c(C)c6c(c(C)c5c4s3)c(=O)c3cc(-c4ccc(-c5ccc(N)cc5)s4)sc36)s2)cc1. The molecule has 0 unspecified atom stereocenters. The van der Waals surface area contributed by atoms with Crippen molar-refractivity contribution in [2.45, 2.75) is 20.8 Å². The zero-order valence-corrected chi connectivity index (χ0v) is 28.4. The van der Waals surface area contributed by atoms with Crippen LogP contribution in [0, 0.1) is 20.8 Å². The molecule has 2 N–H and O–H groups in total. The minimum absolute atomic E-state index is 0.0601. The molecule has 0 saturated carbocycles. The van der Waals surface area contributed by atoms with Crippen molar-refractivity contribution >= 4 is 92.8 Å². The molecule has 0 fully saturated rings. The summed E-state index contributed by atoms with van der Waals surface area (Å²) >= 11 is 6.77. The molecule has 0 aliphatic heterocycles. The van der Waals surface area contributed by atoms with E-state index in [2.05, 4.69) is 61.5 Å². The third kappa shape index (κ3) is 3.99. The zero-order valence-electron chi connectivity index (χ0n) is 25.1. The quantitative estimate of drug-likeness (QED) is 0.190. The highest BCUT2D eigenvalue weighted by Crippen LogP contribution is 2.47. The van der Waals surface area contributed by atoms with E-state index in [0.717, 1.165) is 88.5 Å². The van der Waals surface area contributed by atoms with Crippen LogP contribution in [-0.2, 0) is 0 Å². The predicted molar refractivity (Wildman–Crippen MR) is 203 cm³/mol. The van der Waals surface area contributed by atoms with Gasteiger partial charge in [-0.15, -0.1) is 45.3 Å². The number of hydrogen-bond donors (Lipinski definition) is 1. The van der Waals surface area contributed by atoms with Gasteiger partial charge in [0.1, 0.15) is 0 Å². The molecule has 3 nitrogen and oxygen atoms in total. The van der Waals surface area contributed by atoms with E-state index in [4.69, 9.17) is 5.73 Å². The Morgan fingerprint density at radius 2 is 0.870 bits per heavy atom. The maximum absolute atomic E-state index is 14.1. The highest BCUT2D eigenvalue weighted by atomic mass is 32.1. The molecule has 5 aromatic carbocycles. The third-order valence-corrected chi connectivity index (χ3v) is 14.1. The molecule has 0 radical (unpaired) electrons. The number of rotatable bonds is 4. The van der Waals surface area contributed by atoms with Crippen molar-refractivity contribution in [3.05, 3.63) is 122 Å². The van der Waals surface area contributed by atoms with Crippen LogP contribution in [0.4, 0.5) is 5.69 Å². The lowest BCUT2D eigenvalue weighted by Gasteiger charge is -2.05. The molecule has 0 aliphatic carbocycles. The molecule has 0 amide bonds. The number of aryl methyl sites for hydroxylation is 3. The van der Waals surface area contributed by atoms with Crippen molar-refractivity contribution in [2.75, 3.05) is 5.73 Å². The van der Waals surface area contributed by atoms with E-state index >= 15 is 0 Å². The van der Waals surface area contributed by atoms with Gasteiger partial charge in [-0.2, -0.15) is 0 Å². The number of anilines is 1. The number of nitrogens with two attached hydrogens (primary N) is 1. The standard InChI is InChI=1S/C39H25NO2S4/c1-18-4-6-21(7-5-18)26-12-14-28(43-26)30-16-24-36(41)32-20(3)35-33(19(2)34(32)38(24)45-30)37(42)25-17-31(46-39(25)35)29-15-13-27(44-29)22-8-10-23(40)11-9-22/h4-17H,40H2,1-3H3. The lowest BCUT2D eigenvalue weighted by molar-refractivity contribution is 1.48. The number of hydrogen-bond acceptors (Lipinski definition) is 7. The van der Waals surface area contributed by atoms with Crippen molar-refractivity contribution < 1.29 is 0 Å². The van der Waals surface area contributed by atoms with Crippen molar-refractivity contribution in [3.8, 4) is 40.4 Å². The summed E-state index contributed by atoms with van der Waals surface area (Å²) in [6.07, 6.45) is 0. The second kappa shape index (κ2) is 10.0. The predicted octanol–water partition coefficient (Wildman–Crippen LogP) is 11.3. The van der Waals surface area contributed by atoms with E-state index in [-0.39, 0.29) is 10.9 Å². The van der Waals surface area contributed by atoms with Crippen LogP contribution in [0.1, 0.15) is 16.7 Å². The zero-order chi connectivity index (χ0) is 31.4. The maximum Gasteiger partial charge on any atom is 0.195 e. The van der Waals surface area contributed by atoms with Crippen LogP contribution in [0.5, 0.6) is 0 Å². The molecular formula is C39H25NO2S4. The summed E-state index contributed by atoms with van der Waals surface area (Å²) < 4.78 is 1.97. The molecule has 0 spiro atoms. The molecule has 0 bridgehead atoms. The number of thiophene rings is 4. The Bertz CT molecular complexity index is 2570. The number of fused-ring (bicyclic) bond motifs is 6. The van der Waals surface area contributed by atoms with Crippen LogP contribution in [0.3, 0.4) is 0 Å². The Kier molecular flexibility index (Phi) is 6.09. The highest BCUT2D eigenvalue weighted by molar-refractivity contribution is 7.28. The molecule has 9 aromatic rings. The van der Waals surface area contributed by atoms with E-state index in [1.165, 1.54) is 16.0 Å². The van der Waals surface area contributed by atoms with E-state index in [1.807, 2.05) is 44.2 Å². The van der Waals surface area contributed by atoms with E-state index in [9.17, 15) is 9.59 Å². The van der Waals surface area contributed by atoms with E-state index in [0.29, 0.717) is 0 Å². The molecule has 0 atom stereocenters. The largest absolute Gasteiger partial charge is 0.399 e. The fourth-order valence-corrected chi connectivity index (χ4v) is 11.5. The molecule has 4 aromatic heterocycles. The minimum Gasteiger partial charge on any atom is -0.399 e. The molecule has 0 saturated heterocycles. The van der Waals surface area contributed by atoms with Gasteiger partial charge in [0.2, 0.25) is 0 Å². The fraction of sp³-hybridized carbons (Fsp3) is 0.0769. The molecule has 7 heteroatoms. The van der Waals surface area contributed by atoms with Gasteiger partial charge >= 0.3 is 0 Å². The summed E-state index contributed by atoms with van der Waals surface area (Å²) in [7, 11) is 0. The topological polar surface area (TPSA) is 60.2 Å². The van der Waals surface area contributed by atoms with Crippen LogP contribution in [0.15, 0.2) is 94.5 Å². The molecule has 0 aliphatic rings. The lowest BCUT2D eigenvalue weighted by Crippen LogP contribution is -2.00. The van der Waals surface area contributed by atoms with Gasteiger partial charge in [0.15, 0.2) is 10.9 Å². The average Bonchev–Trinajstić information content (AvgIpc) is 3.89. The van der Waals surface area contributed by atoms with Crippen molar-refractivity contribution in [1.82, 2.24) is 0 Å². The lowest BCUT2D eigenvalue weighted by atomic mass is 9.99. The van der Waals surface area contributed by atoms with Crippen LogP contribution in [0.25, 0.3) is 82.1 Å². The van der Waals surface area contributed by atoms with Gasteiger partial charge in [-0.25, -0.2) is 0 Å². The van der Waals surface area contributed by atoms with E-state index < -0.39 is 0 Å². The first-order valence-corrected chi connectivity index (χ1v) is 18.2. The van der Waals surface area contributed by atoms with Gasteiger partial charge in [0.05, 0.1) is 0 Å². The van der Waals surface area contributed by atoms with Crippen LogP contribution < -0.4 is 16.6 Å². The van der Waals surface area contributed by atoms with Gasteiger partial charge in [0.25, 0.3) is 0 Å². The molecule has 4 heterocycles. The smallest absolute Gasteiger partial charge is 0.195 e. The van der Waals surface area contributed by atoms with Crippen LogP contribution in [0.2, 0.25) is 0 Å². The second-order valence-electron chi connectivity index (χ2n) is 11.9. The first-order valence-electron chi connectivity index (χ1n) is 14.9. The summed E-state index contributed by atoms with van der Waals surface area (Å²) in [6, 6.07) is 29.2. The van der Waals surface area contributed by atoms with Crippen molar-refractivity contribution in [1.29, 1.82) is 0 Å². The normalized spacial score (nSPS) is 12.1. The Balaban J connectivity index is 1.18. The van der Waals surface area contributed by atoms with Crippen LogP contribution in [-0.4, -0.2) is 0 Å². The van der Waals surface area contributed by atoms with Gasteiger partial charge in [-0.1, -0.05) is 42.0 Å². The molecular weight excluding hydrogens is 643 g/mol.